The molecule has 1 aromatic carbocycles. The molecule has 1 heterocycles. The minimum Gasteiger partial charge on any atom is -0.382 e. The summed E-state index contributed by atoms with van der Waals surface area (Å²) in [6, 6.07) is 10.6. The van der Waals surface area contributed by atoms with E-state index in [4.69, 9.17) is 9.47 Å². The molecule has 1 fully saturated rings. The van der Waals surface area contributed by atoms with Crippen molar-refractivity contribution in [1.29, 1.82) is 0 Å². The summed E-state index contributed by atoms with van der Waals surface area (Å²) in [7, 11) is 3.57. The van der Waals surface area contributed by atoms with E-state index < -0.39 is 0 Å². The molecule has 6 nitrogen and oxygen atoms in total. The van der Waals surface area contributed by atoms with Gasteiger partial charge in [0.05, 0.1) is 19.8 Å². The molecule has 0 amide bonds. The van der Waals surface area contributed by atoms with Crippen molar-refractivity contribution >= 4 is 35.6 Å². The Labute approximate surface area is 187 Å². The van der Waals surface area contributed by atoms with Crippen LogP contribution in [0.15, 0.2) is 35.3 Å². The molecule has 0 radical (unpaired) electrons. The predicted octanol–water partition coefficient (Wildman–Crippen LogP) is 3.08. The van der Waals surface area contributed by atoms with Crippen LogP contribution in [-0.4, -0.2) is 77.6 Å². The molecule has 0 spiro atoms. The molecule has 1 saturated heterocycles. The summed E-state index contributed by atoms with van der Waals surface area (Å²) in [4.78, 5) is 9.22. The third-order valence-corrected chi connectivity index (χ3v) is 4.97. The maximum absolute atomic E-state index is 5.68. The van der Waals surface area contributed by atoms with Crippen LogP contribution in [0.3, 0.4) is 0 Å². The Hall–Kier alpha value is -1.06. The zero-order valence-electron chi connectivity index (χ0n) is 17.6. The van der Waals surface area contributed by atoms with Crippen molar-refractivity contribution in [1.82, 2.24) is 10.2 Å². The van der Waals surface area contributed by atoms with Gasteiger partial charge in [-0.3, -0.25) is 4.99 Å². The summed E-state index contributed by atoms with van der Waals surface area (Å²) in [5.41, 5.74) is 1.29. The van der Waals surface area contributed by atoms with E-state index in [0.29, 0.717) is 19.1 Å². The number of rotatable bonds is 11. The number of methoxy groups -OCH3 is 1. The molecule has 0 bridgehead atoms. The van der Waals surface area contributed by atoms with Gasteiger partial charge in [-0.15, -0.1) is 24.0 Å². The zero-order valence-corrected chi connectivity index (χ0v) is 19.9. The topological polar surface area (TPSA) is 49.3 Å². The Balaban J connectivity index is 0.00000392. The minimum atomic E-state index is 0. The first-order valence-electron chi connectivity index (χ1n) is 10.1. The monoisotopic (exact) mass is 504 g/mol. The van der Waals surface area contributed by atoms with Gasteiger partial charge in [0.1, 0.15) is 0 Å². The average molecular weight is 504 g/mol. The predicted molar refractivity (Wildman–Crippen MR) is 128 cm³/mol. The van der Waals surface area contributed by atoms with Crippen molar-refractivity contribution in [2.24, 2.45) is 10.9 Å². The first-order valence-corrected chi connectivity index (χ1v) is 10.1. The van der Waals surface area contributed by atoms with Gasteiger partial charge < -0.3 is 24.6 Å². The lowest BCUT2D eigenvalue weighted by atomic mass is 10.1. The van der Waals surface area contributed by atoms with Gasteiger partial charge in [-0.05, 0) is 31.9 Å². The van der Waals surface area contributed by atoms with Gasteiger partial charge in [0.15, 0.2) is 5.96 Å². The third-order valence-electron chi connectivity index (χ3n) is 4.97. The van der Waals surface area contributed by atoms with Gasteiger partial charge in [-0.2, -0.15) is 0 Å². The molecule has 7 heteroatoms. The Kier molecular flexibility index (Phi) is 13.3. The molecule has 1 aliphatic heterocycles. The van der Waals surface area contributed by atoms with Gasteiger partial charge in [-0.1, -0.05) is 18.2 Å². The third kappa shape index (κ3) is 8.53. The molecule has 1 atom stereocenters. The maximum Gasteiger partial charge on any atom is 0.193 e. The van der Waals surface area contributed by atoms with Crippen LogP contribution in [0.1, 0.15) is 19.8 Å². The Bertz CT molecular complexity index is 544. The second-order valence-electron chi connectivity index (χ2n) is 6.91. The van der Waals surface area contributed by atoms with Gasteiger partial charge in [0.2, 0.25) is 0 Å². The van der Waals surface area contributed by atoms with Crippen LogP contribution < -0.4 is 10.2 Å². The molecule has 1 aliphatic rings. The van der Waals surface area contributed by atoms with Crippen molar-refractivity contribution in [2.75, 3.05) is 71.6 Å². The number of likely N-dealkylation sites (tertiary alicyclic amines) is 1. The maximum atomic E-state index is 5.68. The molecule has 1 unspecified atom stereocenters. The molecule has 1 aromatic rings. The lowest BCUT2D eigenvalue weighted by Crippen LogP contribution is -2.41. The Morgan fingerprint density at radius 1 is 1.29 bits per heavy atom. The number of anilines is 1. The normalized spacial score (nSPS) is 16.8. The number of nitrogens with one attached hydrogen (secondary N) is 1. The largest absolute Gasteiger partial charge is 0.382 e. The van der Waals surface area contributed by atoms with Crippen LogP contribution in [-0.2, 0) is 9.47 Å². The van der Waals surface area contributed by atoms with Crippen molar-refractivity contribution in [2.45, 2.75) is 19.8 Å². The van der Waals surface area contributed by atoms with E-state index in [1.807, 2.05) is 7.05 Å². The summed E-state index contributed by atoms with van der Waals surface area (Å²) < 4.78 is 10.7. The summed E-state index contributed by atoms with van der Waals surface area (Å²) in [5, 5.41) is 3.53. The molecule has 28 heavy (non-hydrogen) atoms. The SMILES string of the molecule is CCN(CCCNC(=NC)N1CCC(COCCOC)C1)c1ccccc1.I. The number of ether oxygens (including phenoxy) is 2. The quantitative estimate of drug-likeness (QED) is 0.217. The van der Waals surface area contributed by atoms with E-state index in [-0.39, 0.29) is 24.0 Å². The van der Waals surface area contributed by atoms with E-state index in [1.165, 1.54) is 5.69 Å². The average Bonchev–Trinajstić information content (AvgIpc) is 3.17. The second-order valence-corrected chi connectivity index (χ2v) is 6.91. The second kappa shape index (κ2) is 14.9. The van der Waals surface area contributed by atoms with Gasteiger partial charge in [-0.25, -0.2) is 0 Å². The number of halogens is 1. The smallest absolute Gasteiger partial charge is 0.193 e. The number of nitrogens with zero attached hydrogens (tertiary/aromatic N) is 3. The highest BCUT2D eigenvalue weighted by molar-refractivity contribution is 14.0. The zero-order chi connectivity index (χ0) is 19.3. The number of para-hydroxylation sites is 1. The molecule has 1 N–H and O–H groups in total. The number of benzene rings is 1. The number of guanidine groups is 1. The van der Waals surface area contributed by atoms with E-state index in [9.17, 15) is 0 Å². The number of hydrogen-bond acceptors (Lipinski definition) is 4. The van der Waals surface area contributed by atoms with Crippen molar-refractivity contribution < 1.29 is 9.47 Å². The van der Waals surface area contributed by atoms with Crippen molar-refractivity contribution in [3.8, 4) is 0 Å². The Morgan fingerprint density at radius 3 is 2.75 bits per heavy atom. The van der Waals surface area contributed by atoms with Crippen LogP contribution in [0.4, 0.5) is 5.69 Å². The van der Waals surface area contributed by atoms with Gasteiger partial charge in [0.25, 0.3) is 0 Å². The van der Waals surface area contributed by atoms with E-state index in [0.717, 1.165) is 58.1 Å². The lowest BCUT2D eigenvalue weighted by Gasteiger charge is -2.25. The summed E-state index contributed by atoms with van der Waals surface area (Å²) >= 11 is 0. The van der Waals surface area contributed by atoms with Crippen molar-refractivity contribution in [3.05, 3.63) is 30.3 Å². The van der Waals surface area contributed by atoms with Crippen LogP contribution >= 0.6 is 24.0 Å². The molecule has 160 valence electrons. The molecular weight excluding hydrogens is 467 g/mol. The van der Waals surface area contributed by atoms with Crippen LogP contribution in [0, 0.1) is 5.92 Å². The molecule has 0 saturated carbocycles. The van der Waals surface area contributed by atoms with Crippen molar-refractivity contribution in [3.63, 3.8) is 0 Å². The highest BCUT2D eigenvalue weighted by Gasteiger charge is 2.24. The standard InChI is InChI=1S/C21H36N4O2.HI/c1-4-24(20-9-6-5-7-10-20)13-8-12-23-21(22-2)25-14-11-19(17-25)18-27-16-15-26-3;/h5-7,9-10,19H,4,8,11-18H2,1-3H3,(H,22,23);1H. The molecular formula is C21H37IN4O2. The molecule has 0 aliphatic carbocycles. The number of hydrogen-bond donors (Lipinski definition) is 1. The lowest BCUT2D eigenvalue weighted by molar-refractivity contribution is 0.0536. The van der Waals surface area contributed by atoms with E-state index in [2.05, 4.69) is 57.4 Å². The first-order chi connectivity index (χ1) is 13.3. The van der Waals surface area contributed by atoms with Gasteiger partial charge >= 0.3 is 0 Å². The van der Waals surface area contributed by atoms with Gasteiger partial charge in [0, 0.05) is 58.5 Å². The molecule has 0 aromatic heterocycles. The van der Waals surface area contributed by atoms with Crippen LogP contribution in [0.25, 0.3) is 0 Å². The summed E-state index contributed by atoms with van der Waals surface area (Å²) in [5.74, 6) is 1.59. The van der Waals surface area contributed by atoms with Crippen LogP contribution in [0.2, 0.25) is 0 Å². The fourth-order valence-electron chi connectivity index (χ4n) is 3.46. The molecule has 2 rings (SSSR count). The summed E-state index contributed by atoms with van der Waals surface area (Å²) in [6.07, 6.45) is 2.24. The number of aliphatic imine (C=N–C) groups is 1. The minimum absolute atomic E-state index is 0. The highest BCUT2D eigenvalue weighted by atomic mass is 127. The first kappa shape index (κ1) is 25.0. The van der Waals surface area contributed by atoms with E-state index in [1.54, 1.807) is 7.11 Å². The summed E-state index contributed by atoms with van der Waals surface area (Å²) in [6.45, 7) is 9.41. The fourth-order valence-corrected chi connectivity index (χ4v) is 3.46. The van der Waals surface area contributed by atoms with Crippen LogP contribution in [0.5, 0.6) is 0 Å². The van der Waals surface area contributed by atoms with E-state index >= 15 is 0 Å². The highest BCUT2D eigenvalue weighted by Crippen LogP contribution is 2.17. The Morgan fingerprint density at radius 2 is 2.07 bits per heavy atom. The fraction of sp³-hybridized carbons (Fsp3) is 0.667.